The van der Waals surface area contributed by atoms with Gasteiger partial charge in [-0.15, -0.1) is 0 Å². The highest BCUT2D eigenvalue weighted by molar-refractivity contribution is 5.80. The van der Waals surface area contributed by atoms with Crippen molar-refractivity contribution in [1.29, 1.82) is 5.26 Å². The molecule has 1 aromatic heterocycles. The normalized spacial score (nSPS) is 10.4. The Bertz CT molecular complexity index is 981. The smallest absolute Gasteiger partial charge is 0.183 e. The maximum absolute atomic E-state index is 9.57. The summed E-state index contributed by atoms with van der Waals surface area (Å²) in [6, 6.07) is 18.5. The molecule has 136 valence electrons. The number of rotatable bonds is 4. The van der Waals surface area contributed by atoms with Crippen LogP contribution in [0.15, 0.2) is 48.5 Å². The highest BCUT2D eigenvalue weighted by Gasteiger charge is 2.18. The summed E-state index contributed by atoms with van der Waals surface area (Å²) in [5, 5.41) is 9.57. The lowest BCUT2D eigenvalue weighted by molar-refractivity contribution is 1.03. The summed E-state index contributed by atoms with van der Waals surface area (Å²) in [5.41, 5.74) is 6.01. The zero-order valence-electron chi connectivity index (χ0n) is 16.4. The predicted octanol–water partition coefficient (Wildman–Crippen LogP) is 4.12. The van der Waals surface area contributed by atoms with Gasteiger partial charge in [0.25, 0.3) is 0 Å². The summed E-state index contributed by atoms with van der Waals surface area (Å²) < 4.78 is 0. The molecule has 3 aromatic rings. The van der Waals surface area contributed by atoms with E-state index in [0.29, 0.717) is 17.2 Å². The Labute approximate surface area is 160 Å². The summed E-state index contributed by atoms with van der Waals surface area (Å²) in [6.07, 6.45) is 0. The molecule has 0 unspecified atom stereocenters. The zero-order chi connectivity index (χ0) is 19.6. The molecule has 0 N–H and O–H groups in total. The maximum Gasteiger partial charge on any atom is 0.183 e. The first-order valence-corrected chi connectivity index (χ1v) is 8.75. The molecule has 1 heterocycles. The second kappa shape index (κ2) is 7.46. The molecule has 3 rings (SSSR count). The molecule has 0 spiro atoms. The third kappa shape index (κ3) is 3.75. The number of aromatic nitrogens is 2. The minimum atomic E-state index is 0.322. The van der Waals surface area contributed by atoms with Crippen molar-refractivity contribution in [2.45, 2.75) is 6.92 Å². The van der Waals surface area contributed by atoms with E-state index in [1.807, 2.05) is 74.4 Å². The van der Waals surface area contributed by atoms with Gasteiger partial charge >= 0.3 is 0 Å². The van der Waals surface area contributed by atoms with Crippen LogP contribution in [0.4, 0.5) is 11.5 Å². The van der Waals surface area contributed by atoms with Crippen LogP contribution in [0.1, 0.15) is 11.3 Å². The first-order chi connectivity index (χ1) is 12.9. The van der Waals surface area contributed by atoms with Gasteiger partial charge in [-0.3, -0.25) is 0 Å². The van der Waals surface area contributed by atoms with Crippen LogP contribution in [0.3, 0.4) is 0 Å². The second-order valence-electron chi connectivity index (χ2n) is 6.91. The van der Waals surface area contributed by atoms with E-state index in [-0.39, 0.29) is 0 Å². The van der Waals surface area contributed by atoms with Crippen molar-refractivity contribution in [2.24, 2.45) is 0 Å². The Hall–Kier alpha value is -3.39. The van der Waals surface area contributed by atoms with Crippen LogP contribution in [0.5, 0.6) is 0 Å². The van der Waals surface area contributed by atoms with Gasteiger partial charge in [-0.1, -0.05) is 42.0 Å². The quantitative estimate of drug-likeness (QED) is 0.703. The number of hydrogen-bond donors (Lipinski definition) is 0. The highest BCUT2D eigenvalue weighted by atomic mass is 15.2. The standard InChI is InChI=1S/C22H23N5/c1-15-6-8-16(9-7-15)21-20(17-10-12-18(13-11-17)26(2)3)24-19(14-23)22(25-21)27(4)5/h6-13H,1-5H3. The molecule has 0 aliphatic heterocycles. The molecule has 0 amide bonds. The van der Waals surface area contributed by atoms with Gasteiger partial charge in [-0.25, -0.2) is 9.97 Å². The largest absolute Gasteiger partial charge is 0.378 e. The molecule has 0 saturated heterocycles. The number of benzene rings is 2. The minimum Gasteiger partial charge on any atom is -0.378 e. The van der Waals surface area contributed by atoms with E-state index in [4.69, 9.17) is 4.98 Å². The number of anilines is 2. The molecular formula is C22H23N5. The Morgan fingerprint density at radius 1 is 0.741 bits per heavy atom. The Morgan fingerprint density at radius 2 is 1.26 bits per heavy atom. The predicted molar refractivity (Wildman–Crippen MR) is 111 cm³/mol. The molecule has 0 bridgehead atoms. The van der Waals surface area contributed by atoms with Gasteiger partial charge in [0, 0.05) is 45.0 Å². The van der Waals surface area contributed by atoms with Crippen LogP contribution < -0.4 is 9.80 Å². The van der Waals surface area contributed by atoms with Gasteiger partial charge in [-0.05, 0) is 19.1 Å². The average molecular weight is 357 g/mol. The third-order valence-corrected chi connectivity index (χ3v) is 4.39. The van der Waals surface area contributed by atoms with Crippen LogP contribution in [0.2, 0.25) is 0 Å². The Kier molecular flexibility index (Phi) is 5.09. The van der Waals surface area contributed by atoms with Crippen molar-refractivity contribution in [1.82, 2.24) is 9.97 Å². The molecule has 0 fully saturated rings. The van der Waals surface area contributed by atoms with Crippen LogP contribution in [0, 0.1) is 18.3 Å². The molecule has 0 atom stereocenters. The first-order valence-electron chi connectivity index (χ1n) is 8.75. The van der Waals surface area contributed by atoms with Crippen molar-refractivity contribution < 1.29 is 0 Å². The molecular weight excluding hydrogens is 334 g/mol. The topological polar surface area (TPSA) is 56.1 Å². The van der Waals surface area contributed by atoms with Crippen molar-refractivity contribution >= 4 is 11.5 Å². The van der Waals surface area contributed by atoms with Gasteiger partial charge < -0.3 is 9.80 Å². The molecule has 0 aliphatic carbocycles. The first kappa shape index (κ1) is 18.4. The molecule has 5 heteroatoms. The van der Waals surface area contributed by atoms with Crippen LogP contribution in [-0.4, -0.2) is 38.2 Å². The summed E-state index contributed by atoms with van der Waals surface area (Å²) in [4.78, 5) is 13.4. The SMILES string of the molecule is Cc1ccc(-c2nc(N(C)C)c(C#N)nc2-c2ccc(N(C)C)cc2)cc1. The van der Waals surface area contributed by atoms with Gasteiger partial charge in [0.1, 0.15) is 6.07 Å². The van der Waals surface area contributed by atoms with Crippen molar-refractivity contribution in [2.75, 3.05) is 38.0 Å². The van der Waals surface area contributed by atoms with E-state index < -0.39 is 0 Å². The van der Waals surface area contributed by atoms with Gasteiger partial charge in [0.15, 0.2) is 11.5 Å². The van der Waals surface area contributed by atoms with Crippen LogP contribution >= 0.6 is 0 Å². The third-order valence-electron chi connectivity index (χ3n) is 4.39. The lowest BCUT2D eigenvalue weighted by Gasteiger charge is -2.17. The summed E-state index contributed by atoms with van der Waals surface area (Å²) in [6.45, 7) is 2.06. The van der Waals surface area contributed by atoms with Crippen LogP contribution in [-0.2, 0) is 0 Å². The van der Waals surface area contributed by atoms with E-state index in [2.05, 4.69) is 30.1 Å². The lowest BCUT2D eigenvalue weighted by atomic mass is 10.0. The molecule has 27 heavy (non-hydrogen) atoms. The van der Waals surface area contributed by atoms with Crippen molar-refractivity contribution in [3.05, 3.63) is 59.8 Å². The Morgan fingerprint density at radius 3 is 1.74 bits per heavy atom. The zero-order valence-corrected chi connectivity index (χ0v) is 16.4. The van der Waals surface area contributed by atoms with Gasteiger partial charge in [-0.2, -0.15) is 5.26 Å². The minimum absolute atomic E-state index is 0.322. The van der Waals surface area contributed by atoms with E-state index >= 15 is 0 Å². The number of nitriles is 1. The van der Waals surface area contributed by atoms with E-state index in [9.17, 15) is 5.26 Å². The fraction of sp³-hybridized carbons (Fsp3) is 0.227. The lowest BCUT2D eigenvalue weighted by Crippen LogP contribution is -2.15. The summed E-state index contributed by atoms with van der Waals surface area (Å²) in [7, 11) is 7.75. The molecule has 5 nitrogen and oxygen atoms in total. The van der Waals surface area contributed by atoms with Crippen molar-refractivity contribution in [3.8, 4) is 28.6 Å². The van der Waals surface area contributed by atoms with Crippen molar-refractivity contribution in [3.63, 3.8) is 0 Å². The monoisotopic (exact) mass is 357 g/mol. The Balaban J connectivity index is 2.24. The van der Waals surface area contributed by atoms with Crippen LogP contribution in [0.25, 0.3) is 22.5 Å². The van der Waals surface area contributed by atoms with E-state index in [0.717, 1.165) is 22.5 Å². The van der Waals surface area contributed by atoms with Gasteiger partial charge in [0.05, 0.1) is 11.4 Å². The number of hydrogen-bond acceptors (Lipinski definition) is 5. The fourth-order valence-electron chi connectivity index (χ4n) is 2.84. The molecule has 2 aromatic carbocycles. The number of nitrogens with zero attached hydrogens (tertiary/aromatic N) is 5. The average Bonchev–Trinajstić information content (AvgIpc) is 2.67. The van der Waals surface area contributed by atoms with E-state index in [1.165, 1.54) is 5.56 Å². The summed E-state index contributed by atoms with van der Waals surface area (Å²) in [5.74, 6) is 0.571. The molecule has 0 radical (unpaired) electrons. The maximum atomic E-state index is 9.57. The van der Waals surface area contributed by atoms with E-state index in [1.54, 1.807) is 0 Å². The summed E-state index contributed by atoms with van der Waals surface area (Å²) >= 11 is 0. The number of aryl methyl sites for hydroxylation is 1. The highest BCUT2D eigenvalue weighted by Crippen LogP contribution is 2.33. The molecule has 0 saturated carbocycles. The van der Waals surface area contributed by atoms with Gasteiger partial charge in [0.2, 0.25) is 0 Å². The second-order valence-corrected chi connectivity index (χ2v) is 6.91. The fourth-order valence-corrected chi connectivity index (χ4v) is 2.84. The molecule has 0 aliphatic rings.